The van der Waals surface area contributed by atoms with Crippen LogP contribution in [0.1, 0.15) is 11.1 Å². The van der Waals surface area contributed by atoms with Gasteiger partial charge >= 0.3 is 0 Å². The van der Waals surface area contributed by atoms with E-state index in [9.17, 15) is 4.79 Å². The maximum Gasteiger partial charge on any atom is 0.297 e. The van der Waals surface area contributed by atoms with E-state index in [-0.39, 0.29) is 5.91 Å². The lowest BCUT2D eigenvalue weighted by Crippen LogP contribution is -2.37. The summed E-state index contributed by atoms with van der Waals surface area (Å²) in [4.78, 5) is 17.7. The first-order valence-corrected chi connectivity index (χ1v) is 8.90. The number of rotatable bonds is 5. The number of amidine groups is 1. The topological polar surface area (TPSA) is 53.9 Å². The van der Waals surface area contributed by atoms with Crippen LogP contribution in [0.25, 0.3) is 6.08 Å². The zero-order valence-electron chi connectivity index (χ0n) is 15.4. The molecule has 0 spiro atoms. The van der Waals surface area contributed by atoms with Gasteiger partial charge in [-0.1, -0.05) is 60.7 Å². The standard InChI is InChI=1S/C23H19N3O2/c1-28-20-14-12-19(13-15-20)25-26-22(18-10-6-3-7-11-18)24-21(23(26)27)16-17-8-4-2-5-9-17/h2-16,25H,1H3/b21-16-. The Morgan fingerprint density at radius 1 is 0.893 bits per heavy atom. The van der Waals surface area contributed by atoms with Crippen LogP contribution < -0.4 is 10.2 Å². The Balaban J connectivity index is 1.70. The van der Waals surface area contributed by atoms with E-state index < -0.39 is 0 Å². The van der Waals surface area contributed by atoms with E-state index >= 15 is 0 Å². The summed E-state index contributed by atoms with van der Waals surface area (Å²) in [5, 5.41) is 1.48. The van der Waals surface area contributed by atoms with E-state index in [0.29, 0.717) is 11.5 Å². The van der Waals surface area contributed by atoms with Crippen molar-refractivity contribution in [3.8, 4) is 5.75 Å². The van der Waals surface area contributed by atoms with Gasteiger partial charge in [0.2, 0.25) is 0 Å². The first kappa shape index (κ1) is 17.5. The fraction of sp³-hybridized carbons (Fsp3) is 0.0435. The van der Waals surface area contributed by atoms with Gasteiger partial charge in [-0.2, -0.15) is 5.01 Å². The average Bonchev–Trinajstić information content (AvgIpc) is 3.05. The molecule has 3 aromatic carbocycles. The molecule has 0 bridgehead atoms. The number of nitrogens with one attached hydrogen (secondary N) is 1. The molecule has 0 saturated heterocycles. The highest BCUT2D eigenvalue weighted by molar-refractivity contribution is 6.20. The molecule has 0 radical (unpaired) electrons. The number of hydrogen-bond acceptors (Lipinski definition) is 4. The first-order chi connectivity index (χ1) is 13.7. The lowest BCUT2D eigenvalue weighted by atomic mass is 10.2. The molecule has 5 nitrogen and oxygen atoms in total. The zero-order chi connectivity index (χ0) is 19.3. The minimum absolute atomic E-state index is 0.210. The van der Waals surface area contributed by atoms with Crippen molar-refractivity contribution in [2.24, 2.45) is 4.99 Å². The zero-order valence-corrected chi connectivity index (χ0v) is 15.4. The van der Waals surface area contributed by atoms with Crippen LogP contribution in [-0.2, 0) is 4.79 Å². The van der Waals surface area contributed by atoms with Crippen LogP contribution in [0, 0.1) is 0 Å². The van der Waals surface area contributed by atoms with Gasteiger partial charge in [0.25, 0.3) is 5.91 Å². The predicted octanol–water partition coefficient (Wildman–Crippen LogP) is 4.35. The van der Waals surface area contributed by atoms with Crippen LogP contribution >= 0.6 is 0 Å². The van der Waals surface area contributed by atoms with Gasteiger partial charge in [0, 0.05) is 5.56 Å². The van der Waals surface area contributed by atoms with Gasteiger partial charge in [-0.05, 0) is 35.9 Å². The van der Waals surface area contributed by atoms with E-state index in [4.69, 9.17) is 4.74 Å². The fourth-order valence-corrected chi connectivity index (χ4v) is 2.90. The van der Waals surface area contributed by atoms with Gasteiger partial charge in [0.1, 0.15) is 11.4 Å². The van der Waals surface area contributed by atoms with Crippen molar-refractivity contribution < 1.29 is 9.53 Å². The molecule has 3 aromatic rings. The number of carbonyl (C=O) groups excluding carboxylic acids is 1. The molecule has 5 heteroatoms. The van der Waals surface area contributed by atoms with Crippen LogP contribution in [0.15, 0.2) is 95.6 Å². The number of aliphatic imine (C=N–C) groups is 1. The second-order valence-electron chi connectivity index (χ2n) is 6.22. The lowest BCUT2D eigenvalue weighted by molar-refractivity contribution is -0.121. The van der Waals surface area contributed by atoms with E-state index in [2.05, 4.69) is 10.4 Å². The maximum atomic E-state index is 13.1. The Hall–Kier alpha value is -3.86. The molecule has 1 N–H and O–H groups in total. The summed E-state index contributed by atoms with van der Waals surface area (Å²) in [7, 11) is 1.62. The number of benzene rings is 3. The van der Waals surface area contributed by atoms with E-state index in [0.717, 1.165) is 22.6 Å². The molecule has 1 heterocycles. The highest BCUT2D eigenvalue weighted by Gasteiger charge is 2.31. The van der Waals surface area contributed by atoms with Gasteiger partial charge in [-0.15, -0.1) is 0 Å². The summed E-state index contributed by atoms with van der Waals surface area (Å²) in [6.07, 6.45) is 1.79. The molecule has 1 aliphatic rings. The van der Waals surface area contributed by atoms with Gasteiger partial charge in [-0.25, -0.2) is 4.99 Å². The van der Waals surface area contributed by atoms with Crippen LogP contribution in [0.5, 0.6) is 5.75 Å². The third-order valence-corrected chi connectivity index (χ3v) is 4.33. The van der Waals surface area contributed by atoms with Crippen molar-refractivity contribution in [3.63, 3.8) is 0 Å². The molecular weight excluding hydrogens is 350 g/mol. The molecule has 0 saturated carbocycles. The van der Waals surface area contributed by atoms with Crippen LogP contribution in [0.4, 0.5) is 5.69 Å². The molecule has 138 valence electrons. The number of hydrazine groups is 1. The number of hydrogen-bond donors (Lipinski definition) is 1. The normalized spacial score (nSPS) is 14.9. The summed E-state index contributed by atoms with van der Waals surface area (Å²) in [5.74, 6) is 1.10. The Kier molecular flexibility index (Phi) is 4.89. The van der Waals surface area contributed by atoms with Crippen LogP contribution in [-0.4, -0.2) is 23.9 Å². The number of ether oxygens (including phenoxy) is 1. The molecule has 0 fully saturated rings. The molecule has 28 heavy (non-hydrogen) atoms. The van der Waals surface area contributed by atoms with Crippen molar-refractivity contribution in [2.45, 2.75) is 0 Å². The monoisotopic (exact) mass is 369 g/mol. The van der Waals surface area contributed by atoms with Crippen LogP contribution in [0.3, 0.4) is 0 Å². The van der Waals surface area contributed by atoms with Crippen molar-refractivity contribution >= 4 is 23.5 Å². The highest BCUT2D eigenvalue weighted by atomic mass is 16.5. The highest BCUT2D eigenvalue weighted by Crippen LogP contribution is 2.24. The fourth-order valence-electron chi connectivity index (χ4n) is 2.90. The maximum absolute atomic E-state index is 13.1. The number of methoxy groups -OCH3 is 1. The average molecular weight is 369 g/mol. The van der Waals surface area contributed by atoms with Crippen molar-refractivity contribution in [2.75, 3.05) is 12.5 Å². The van der Waals surface area contributed by atoms with Gasteiger partial charge < -0.3 is 4.74 Å². The van der Waals surface area contributed by atoms with Crippen molar-refractivity contribution in [1.82, 2.24) is 5.01 Å². The molecule has 0 atom stereocenters. The Labute approximate surface area is 163 Å². The molecule has 4 rings (SSSR count). The Morgan fingerprint density at radius 3 is 2.18 bits per heavy atom. The molecule has 0 aromatic heterocycles. The summed E-state index contributed by atoms with van der Waals surface area (Å²) >= 11 is 0. The quantitative estimate of drug-likeness (QED) is 0.680. The van der Waals surface area contributed by atoms with E-state index in [1.54, 1.807) is 13.2 Å². The Morgan fingerprint density at radius 2 is 1.54 bits per heavy atom. The number of anilines is 1. The summed E-state index contributed by atoms with van der Waals surface area (Å²) < 4.78 is 5.19. The summed E-state index contributed by atoms with van der Waals surface area (Å²) in [6, 6.07) is 26.7. The van der Waals surface area contributed by atoms with Gasteiger partial charge in [0.15, 0.2) is 5.84 Å². The minimum Gasteiger partial charge on any atom is -0.497 e. The third kappa shape index (κ3) is 3.64. The lowest BCUT2D eigenvalue weighted by Gasteiger charge is -2.20. The molecule has 0 aliphatic carbocycles. The third-order valence-electron chi connectivity index (χ3n) is 4.33. The van der Waals surface area contributed by atoms with Crippen molar-refractivity contribution in [3.05, 3.63) is 102 Å². The number of nitrogens with zero attached hydrogens (tertiary/aromatic N) is 2. The smallest absolute Gasteiger partial charge is 0.297 e. The predicted molar refractivity (Wildman–Crippen MR) is 111 cm³/mol. The number of carbonyl (C=O) groups is 1. The first-order valence-electron chi connectivity index (χ1n) is 8.90. The second-order valence-corrected chi connectivity index (χ2v) is 6.22. The van der Waals surface area contributed by atoms with Gasteiger partial charge in [0.05, 0.1) is 12.8 Å². The minimum atomic E-state index is -0.210. The molecule has 1 aliphatic heterocycles. The summed E-state index contributed by atoms with van der Waals surface area (Å²) in [5.41, 5.74) is 6.09. The van der Waals surface area contributed by atoms with Crippen molar-refractivity contribution in [1.29, 1.82) is 0 Å². The summed E-state index contributed by atoms with van der Waals surface area (Å²) in [6.45, 7) is 0. The van der Waals surface area contributed by atoms with Gasteiger partial charge in [-0.3, -0.25) is 10.2 Å². The van der Waals surface area contributed by atoms with Crippen LogP contribution in [0.2, 0.25) is 0 Å². The largest absolute Gasteiger partial charge is 0.497 e. The number of amides is 1. The second kappa shape index (κ2) is 7.80. The van der Waals surface area contributed by atoms with E-state index in [1.807, 2.05) is 84.9 Å². The van der Waals surface area contributed by atoms with E-state index in [1.165, 1.54) is 5.01 Å². The molecule has 0 unspecified atom stereocenters. The SMILES string of the molecule is COc1ccc(NN2C(=O)/C(=C/c3ccccc3)N=C2c2ccccc2)cc1. The molecule has 1 amide bonds. The molecular formula is C23H19N3O2. The Bertz CT molecular complexity index is 1030.